The lowest BCUT2D eigenvalue weighted by atomic mass is 10.2. The Balaban J connectivity index is 1.67. The highest BCUT2D eigenvalue weighted by Gasteiger charge is 2.02. The fourth-order valence-electron chi connectivity index (χ4n) is 1.99. The summed E-state index contributed by atoms with van der Waals surface area (Å²) in [6, 6.07) is 18.9. The summed E-state index contributed by atoms with van der Waals surface area (Å²) in [5, 5.41) is 3.40. The summed E-state index contributed by atoms with van der Waals surface area (Å²) in [7, 11) is 0. The van der Waals surface area contributed by atoms with Crippen LogP contribution in [0.15, 0.2) is 60.8 Å². The number of aromatic nitrogens is 1. The van der Waals surface area contributed by atoms with Crippen molar-refractivity contribution in [3.05, 3.63) is 71.4 Å². The summed E-state index contributed by atoms with van der Waals surface area (Å²) >= 11 is 1.83. The zero-order valence-electron chi connectivity index (χ0n) is 11.3. The quantitative estimate of drug-likeness (QED) is 0.747. The predicted octanol–water partition coefficient (Wildman–Crippen LogP) is 4.73. The number of anilines is 1. The smallest absolute Gasteiger partial charge is 0.0529 e. The third-order valence-electron chi connectivity index (χ3n) is 3.10. The second-order valence-electron chi connectivity index (χ2n) is 4.67. The van der Waals surface area contributed by atoms with Gasteiger partial charge < -0.3 is 5.32 Å². The van der Waals surface area contributed by atoms with E-state index in [-0.39, 0.29) is 0 Å². The predicted molar refractivity (Wildman–Crippen MR) is 86.1 cm³/mol. The minimum absolute atomic E-state index is 0.836. The molecule has 1 N–H and O–H groups in total. The van der Waals surface area contributed by atoms with Crippen LogP contribution in [0.25, 0.3) is 10.4 Å². The van der Waals surface area contributed by atoms with Crippen LogP contribution >= 0.6 is 11.3 Å². The second kappa shape index (κ2) is 5.88. The van der Waals surface area contributed by atoms with E-state index in [9.17, 15) is 0 Å². The molecule has 2 nitrogen and oxygen atoms in total. The first-order chi connectivity index (χ1) is 9.81. The molecule has 0 saturated heterocycles. The molecule has 2 aromatic heterocycles. The van der Waals surface area contributed by atoms with Gasteiger partial charge in [0.15, 0.2) is 0 Å². The highest BCUT2D eigenvalue weighted by atomic mass is 32.1. The van der Waals surface area contributed by atoms with Gasteiger partial charge in [-0.25, -0.2) is 0 Å². The lowest BCUT2D eigenvalue weighted by molar-refractivity contribution is 1.15. The molecular formula is C17H16N2S. The monoisotopic (exact) mass is 280 g/mol. The van der Waals surface area contributed by atoms with Crippen LogP contribution in [0.1, 0.15) is 10.6 Å². The molecular weight excluding hydrogens is 264 g/mol. The van der Waals surface area contributed by atoms with Gasteiger partial charge in [-0.3, -0.25) is 4.98 Å². The first-order valence-electron chi connectivity index (χ1n) is 6.62. The number of hydrogen-bond donors (Lipinski definition) is 1. The molecule has 0 saturated carbocycles. The molecule has 3 aromatic rings. The molecule has 0 atom stereocenters. The third kappa shape index (κ3) is 3.06. The number of nitrogens with zero attached hydrogens (tertiary/aromatic N) is 1. The number of benzene rings is 1. The zero-order valence-corrected chi connectivity index (χ0v) is 12.2. The Kier molecular flexibility index (Phi) is 3.79. The minimum Gasteiger partial charge on any atom is -0.379 e. The van der Waals surface area contributed by atoms with Gasteiger partial charge in [0.2, 0.25) is 0 Å². The molecule has 20 heavy (non-hydrogen) atoms. The van der Waals surface area contributed by atoms with Crippen molar-refractivity contribution in [1.29, 1.82) is 0 Å². The van der Waals surface area contributed by atoms with Crippen molar-refractivity contribution in [2.45, 2.75) is 13.5 Å². The maximum atomic E-state index is 4.29. The molecule has 2 heterocycles. The molecule has 0 spiro atoms. The number of hydrogen-bond acceptors (Lipinski definition) is 3. The minimum atomic E-state index is 0.836. The van der Waals surface area contributed by atoms with Crippen LogP contribution < -0.4 is 5.32 Å². The van der Waals surface area contributed by atoms with Gasteiger partial charge in [-0.05, 0) is 36.8 Å². The Morgan fingerprint density at radius 2 is 1.85 bits per heavy atom. The van der Waals surface area contributed by atoms with Gasteiger partial charge in [-0.2, -0.15) is 0 Å². The summed E-state index contributed by atoms with van der Waals surface area (Å²) in [4.78, 5) is 6.92. The van der Waals surface area contributed by atoms with Crippen LogP contribution in [0, 0.1) is 6.92 Å². The normalized spacial score (nSPS) is 10.4. The van der Waals surface area contributed by atoms with E-state index in [1.165, 1.54) is 15.3 Å². The van der Waals surface area contributed by atoms with Crippen molar-refractivity contribution >= 4 is 17.0 Å². The largest absolute Gasteiger partial charge is 0.379 e. The number of rotatable bonds is 4. The topological polar surface area (TPSA) is 24.9 Å². The maximum Gasteiger partial charge on any atom is 0.0529 e. The number of aryl methyl sites for hydroxylation is 1. The molecule has 0 fully saturated rings. The average Bonchev–Trinajstić information content (AvgIpc) is 2.97. The van der Waals surface area contributed by atoms with Crippen LogP contribution in [-0.4, -0.2) is 4.98 Å². The highest BCUT2D eigenvalue weighted by Crippen LogP contribution is 2.28. The summed E-state index contributed by atoms with van der Waals surface area (Å²) in [6.45, 7) is 2.83. The van der Waals surface area contributed by atoms with E-state index in [2.05, 4.69) is 52.8 Å². The van der Waals surface area contributed by atoms with Crippen LogP contribution in [0.2, 0.25) is 0 Å². The fraction of sp³-hybridized carbons (Fsp3) is 0.118. The molecule has 0 aliphatic rings. The molecule has 3 heteroatoms. The molecule has 0 radical (unpaired) electrons. The molecule has 1 aromatic carbocycles. The standard InChI is InChI=1S/C17H16N2S/c1-13-7-8-15(11-18-13)19-12-16-9-10-17(20-16)14-5-3-2-4-6-14/h2-11,19H,12H2,1H3. The van der Waals surface area contributed by atoms with Gasteiger partial charge in [0.05, 0.1) is 11.9 Å². The van der Waals surface area contributed by atoms with E-state index in [1.54, 1.807) is 0 Å². The number of thiophene rings is 1. The second-order valence-corrected chi connectivity index (χ2v) is 5.84. The van der Waals surface area contributed by atoms with E-state index in [0.29, 0.717) is 0 Å². The van der Waals surface area contributed by atoms with Crippen molar-refractivity contribution in [3.63, 3.8) is 0 Å². The summed E-state index contributed by atoms with van der Waals surface area (Å²) in [5.41, 5.74) is 3.38. The molecule has 100 valence electrons. The Morgan fingerprint density at radius 1 is 1.00 bits per heavy atom. The number of pyridine rings is 1. The van der Waals surface area contributed by atoms with Gasteiger partial charge >= 0.3 is 0 Å². The molecule has 3 rings (SSSR count). The summed E-state index contributed by atoms with van der Waals surface area (Å²) < 4.78 is 0. The molecule has 0 aliphatic heterocycles. The van der Waals surface area contributed by atoms with Crippen molar-refractivity contribution in [1.82, 2.24) is 4.98 Å². The highest BCUT2D eigenvalue weighted by molar-refractivity contribution is 7.15. The van der Waals surface area contributed by atoms with E-state index >= 15 is 0 Å². The average molecular weight is 280 g/mol. The Bertz CT molecular complexity index is 672. The fourth-order valence-corrected chi connectivity index (χ4v) is 2.94. The van der Waals surface area contributed by atoms with E-state index in [4.69, 9.17) is 0 Å². The Morgan fingerprint density at radius 3 is 2.60 bits per heavy atom. The first-order valence-corrected chi connectivity index (χ1v) is 7.43. The summed E-state index contributed by atoms with van der Waals surface area (Å²) in [6.07, 6.45) is 1.88. The Hall–Kier alpha value is -2.13. The Labute approximate surface area is 123 Å². The molecule has 0 bridgehead atoms. The van der Waals surface area contributed by atoms with Gasteiger partial charge in [0.25, 0.3) is 0 Å². The zero-order chi connectivity index (χ0) is 13.8. The van der Waals surface area contributed by atoms with Crippen LogP contribution in [0.3, 0.4) is 0 Å². The lowest BCUT2D eigenvalue weighted by Crippen LogP contribution is -1.97. The third-order valence-corrected chi connectivity index (χ3v) is 4.23. The first kappa shape index (κ1) is 12.9. The van der Waals surface area contributed by atoms with Crippen LogP contribution in [0.5, 0.6) is 0 Å². The van der Waals surface area contributed by atoms with Gasteiger partial charge in [0, 0.05) is 22.0 Å². The molecule has 0 aliphatic carbocycles. The lowest BCUT2D eigenvalue weighted by Gasteiger charge is -2.04. The SMILES string of the molecule is Cc1ccc(NCc2ccc(-c3ccccc3)s2)cn1. The van der Waals surface area contributed by atoms with Crippen LogP contribution in [0.4, 0.5) is 5.69 Å². The van der Waals surface area contributed by atoms with Gasteiger partial charge in [-0.1, -0.05) is 30.3 Å². The molecule has 0 unspecified atom stereocenters. The van der Waals surface area contributed by atoms with Gasteiger partial charge in [-0.15, -0.1) is 11.3 Å². The van der Waals surface area contributed by atoms with E-state index in [1.807, 2.05) is 36.6 Å². The van der Waals surface area contributed by atoms with Gasteiger partial charge in [0.1, 0.15) is 0 Å². The van der Waals surface area contributed by atoms with Crippen molar-refractivity contribution in [2.24, 2.45) is 0 Å². The van der Waals surface area contributed by atoms with Crippen LogP contribution in [-0.2, 0) is 6.54 Å². The van der Waals surface area contributed by atoms with E-state index in [0.717, 1.165) is 17.9 Å². The van der Waals surface area contributed by atoms with Crippen molar-refractivity contribution in [2.75, 3.05) is 5.32 Å². The molecule has 0 amide bonds. The maximum absolute atomic E-state index is 4.29. The van der Waals surface area contributed by atoms with Crippen molar-refractivity contribution in [3.8, 4) is 10.4 Å². The number of nitrogens with one attached hydrogen (secondary N) is 1. The van der Waals surface area contributed by atoms with E-state index < -0.39 is 0 Å². The van der Waals surface area contributed by atoms with Crippen molar-refractivity contribution < 1.29 is 0 Å². The summed E-state index contributed by atoms with van der Waals surface area (Å²) in [5.74, 6) is 0.